The van der Waals surface area contributed by atoms with Crippen molar-refractivity contribution in [2.24, 2.45) is 3.21 Å². The summed E-state index contributed by atoms with van der Waals surface area (Å²) in [5.41, 5.74) is 0. The van der Waals surface area contributed by atoms with Crippen LogP contribution in [0.2, 0.25) is 0 Å². The molecular formula is C4H2ClI2NO. The van der Waals surface area contributed by atoms with Gasteiger partial charge in [0.05, 0.1) is 0 Å². The predicted octanol–water partition coefficient (Wildman–Crippen LogP) is 1.62. The van der Waals surface area contributed by atoms with E-state index >= 15 is 0 Å². The van der Waals surface area contributed by atoms with Crippen molar-refractivity contribution >= 4 is 70.3 Å². The summed E-state index contributed by atoms with van der Waals surface area (Å²) in [6.07, 6.45) is 0. The first-order valence-corrected chi connectivity index (χ1v) is 6.91. The van der Waals surface area contributed by atoms with Crippen molar-refractivity contribution in [1.29, 1.82) is 0 Å². The maximum atomic E-state index is 10.4. The van der Waals surface area contributed by atoms with Gasteiger partial charge in [-0.2, -0.15) is 0 Å². The summed E-state index contributed by atoms with van der Waals surface area (Å²) in [4.78, 5) is 10.4. The number of hydrogen-bond acceptors (Lipinski definition) is 2. The Kier molecular flexibility index (Phi) is 3.41. The Hall–Kier alpha value is 0.830. The normalized spacial score (nSPS) is 17.2. The Morgan fingerprint density at radius 2 is 2.44 bits per heavy atom. The fourth-order valence-corrected chi connectivity index (χ4v) is 5.44. The number of halogens is 3. The third kappa shape index (κ3) is 2.50. The van der Waals surface area contributed by atoms with Gasteiger partial charge in [-0.15, -0.1) is 0 Å². The summed E-state index contributed by atoms with van der Waals surface area (Å²) in [6.45, 7) is 0. The van der Waals surface area contributed by atoms with Crippen molar-refractivity contribution in [2.45, 2.75) is 0 Å². The van der Waals surface area contributed by atoms with Gasteiger partial charge in [-0.1, -0.05) is 20.7 Å². The van der Waals surface area contributed by atoms with Crippen LogP contribution in [0.15, 0.2) is 3.21 Å². The molecule has 0 aromatic carbocycles. The molecule has 0 saturated heterocycles. The lowest BCUT2D eigenvalue weighted by Gasteiger charge is -1.90. The second kappa shape index (κ2) is 3.87. The van der Waals surface area contributed by atoms with Gasteiger partial charge in [-0.25, -0.2) is 3.21 Å². The van der Waals surface area contributed by atoms with E-state index in [0.29, 0.717) is 3.72 Å². The van der Waals surface area contributed by atoms with Crippen LogP contribution < -0.4 is 0 Å². The lowest BCUT2D eigenvalue weighted by Crippen LogP contribution is -1.98. The molecule has 1 aliphatic heterocycles. The van der Waals surface area contributed by atoms with Crippen molar-refractivity contribution in [1.82, 2.24) is 0 Å². The van der Waals surface area contributed by atoms with Crippen LogP contribution in [-0.4, -0.2) is 17.0 Å². The average molecular weight is 369 g/mol. The highest BCUT2D eigenvalue weighted by Crippen LogP contribution is 2.13. The highest BCUT2D eigenvalue weighted by molar-refractivity contribution is 14.2. The van der Waals surface area contributed by atoms with Gasteiger partial charge >= 0.3 is 0 Å². The van der Waals surface area contributed by atoms with Crippen molar-refractivity contribution in [3.63, 3.8) is 0 Å². The first-order chi connectivity index (χ1) is 4.30. The quantitative estimate of drug-likeness (QED) is 0.510. The van der Waals surface area contributed by atoms with Crippen LogP contribution in [0.3, 0.4) is 0 Å². The first-order valence-electron chi connectivity index (χ1n) is 1.99. The van der Waals surface area contributed by atoms with Crippen LogP contribution >= 0.6 is 53.3 Å². The average Bonchev–Trinajstić information content (AvgIpc) is 1.90. The zero-order valence-corrected chi connectivity index (χ0v) is 9.21. The smallest absolute Gasteiger partial charge is 0.273 e. The Morgan fingerprint density at radius 3 is 2.78 bits per heavy atom. The number of carbonyl (C=O) groups excluding carboxylic acids is 1. The van der Waals surface area contributed by atoms with Gasteiger partial charge < -0.3 is 0 Å². The largest absolute Gasteiger partial charge is 0.277 e. The summed E-state index contributed by atoms with van der Waals surface area (Å²) in [7, 11) is 0. The molecular weight excluding hydrogens is 367 g/mol. The van der Waals surface area contributed by atoms with Gasteiger partial charge in [0.2, 0.25) is 0 Å². The molecule has 1 heterocycles. The van der Waals surface area contributed by atoms with E-state index in [1.165, 1.54) is 0 Å². The molecule has 50 valence electrons. The molecule has 0 fully saturated rings. The van der Waals surface area contributed by atoms with Crippen LogP contribution in [0.1, 0.15) is 0 Å². The lowest BCUT2D eigenvalue weighted by atomic mass is 10.9. The van der Waals surface area contributed by atoms with Crippen molar-refractivity contribution in [2.75, 3.05) is 0 Å². The maximum absolute atomic E-state index is 10.4. The monoisotopic (exact) mass is 369 g/mol. The Bertz CT molecular complexity index is 221. The molecule has 1 rings (SSSR count). The number of carbonyl (C=O) groups is 1. The van der Waals surface area contributed by atoms with E-state index in [0.717, 1.165) is 0 Å². The van der Waals surface area contributed by atoms with Crippen LogP contribution in [0, 0.1) is 0 Å². The highest BCUT2D eigenvalue weighted by Gasteiger charge is 2.04. The summed E-state index contributed by atoms with van der Waals surface area (Å²) in [5.74, 6) is 0. The molecule has 0 spiro atoms. The van der Waals surface area contributed by atoms with Crippen LogP contribution in [-0.2, 0) is 4.79 Å². The second-order valence-electron chi connectivity index (χ2n) is 1.11. The Labute approximate surface area is 77.5 Å². The zero-order valence-electron chi connectivity index (χ0n) is 4.14. The van der Waals surface area contributed by atoms with Crippen molar-refractivity contribution in [3.05, 3.63) is 0 Å². The van der Waals surface area contributed by atoms with E-state index in [9.17, 15) is 4.79 Å². The summed E-state index contributed by atoms with van der Waals surface area (Å²) in [5, 5.41) is -0.355. The van der Waals surface area contributed by atoms with Gasteiger partial charge in [0.1, 0.15) is 0 Å². The second-order valence-corrected chi connectivity index (χ2v) is 5.57. The third-order valence-corrected chi connectivity index (χ3v) is 6.83. The van der Waals surface area contributed by atoms with Crippen molar-refractivity contribution in [3.8, 4) is 0 Å². The number of hydrogen-bond donors (Lipinski definition) is 0. The molecule has 0 aliphatic carbocycles. The van der Waals surface area contributed by atoms with Gasteiger partial charge in [-0.3, -0.25) is 4.79 Å². The standard InChI is InChI=1S/C4H2ClI2NO/c5-3(9)4-6-1-2-7-8-4/h1-2H. The van der Waals surface area contributed by atoms with E-state index in [-0.39, 0.29) is 47.0 Å². The molecule has 0 aromatic rings. The van der Waals surface area contributed by atoms with E-state index in [4.69, 9.17) is 11.6 Å². The molecule has 0 aromatic heterocycles. The van der Waals surface area contributed by atoms with E-state index in [1.807, 2.05) is 0 Å². The number of nitrogens with zero attached hydrogens (tertiary/aromatic N) is 1. The topological polar surface area (TPSA) is 29.4 Å². The minimum atomic E-state index is -0.355. The molecule has 0 amide bonds. The van der Waals surface area contributed by atoms with Crippen LogP contribution in [0.25, 0.3) is 0 Å². The highest BCUT2D eigenvalue weighted by atomic mass is 127. The van der Waals surface area contributed by atoms with E-state index in [1.54, 1.807) is 0 Å². The zero-order chi connectivity index (χ0) is 6.69. The van der Waals surface area contributed by atoms with E-state index < -0.39 is 0 Å². The summed E-state index contributed by atoms with van der Waals surface area (Å²) >= 11 is 4.69. The molecule has 0 radical (unpaired) electrons. The fourth-order valence-electron chi connectivity index (χ4n) is 0.270. The predicted molar refractivity (Wildman–Crippen MR) is 58.5 cm³/mol. The van der Waals surface area contributed by atoms with Gasteiger partial charge in [0, 0.05) is 21.0 Å². The van der Waals surface area contributed by atoms with Crippen LogP contribution in [0.5, 0.6) is 0 Å². The molecule has 5 heteroatoms. The molecule has 1 aliphatic rings. The van der Waals surface area contributed by atoms with Gasteiger partial charge in [0.15, 0.2) is 3.72 Å². The molecule has 0 bridgehead atoms. The number of rotatable bonds is 1. The Balaban J connectivity index is 2.84. The minimum Gasteiger partial charge on any atom is -0.273 e. The molecule has 0 atom stereocenters. The third-order valence-electron chi connectivity index (χ3n) is 0.555. The first kappa shape index (κ1) is 7.93. The fraction of sp³-hybridized carbons (Fsp3) is 0. The summed E-state index contributed by atoms with van der Waals surface area (Å²) in [6, 6.07) is 0. The van der Waals surface area contributed by atoms with Gasteiger partial charge in [-0.05, 0) is 19.6 Å². The SMILES string of the molecule is O=C(Cl)C1=NI=CC=I1. The van der Waals surface area contributed by atoms with E-state index in [2.05, 4.69) is 11.2 Å². The Morgan fingerprint density at radius 1 is 1.67 bits per heavy atom. The lowest BCUT2D eigenvalue weighted by molar-refractivity contribution is -0.105. The van der Waals surface area contributed by atoms with Gasteiger partial charge in [0.25, 0.3) is 5.24 Å². The van der Waals surface area contributed by atoms with Crippen LogP contribution in [0.4, 0.5) is 0 Å². The molecule has 0 unspecified atom stereocenters. The minimum absolute atomic E-state index is 0.229. The molecule has 0 saturated carbocycles. The molecule has 9 heavy (non-hydrogen) atoms. The molecule has 2 nitrogen and oxygen atoms in total. The van der Waals surface area contributed by atoms with Crippen molar-refractivity contribution < 1.29 is 4.79 Å². The maximum Gasteiger partial charge on any atom is 0.277 e. The molecule has 0 N–H and O–H groups in total. The summed E-state index contributed by atoms with van der Waals surface area (Å²) < 4.78 is 8.78.